The number of nitrogens with one attached hydrogen (secondary N) is 1. The number of benzene rings is 1. The van der Waals surface area contributed by atoms with Gasteiger partial charge in [0.25, 0.3) is 0 Å². The molecule has 0 radical (unpaired) electrons. The topological polar surface area (TPSA) is 55.4 Å². The van der Waals surface area contributed by atoms with Crippen LogP contribution in [0.1, 0.15) is 18.4 Å². The van der Waals surface area contributed by atoms with Crippen molar-refractivity contribution in [1.82, 2.24) is 5.32 Å². The van der Waals surface area contributed by atoms with Crippen molar-refractivity contribution in [2.45, 2.75) is 18.9 Å². The highest BCUT2D eigenvalue weighted by Gasteiger charge is 2.21. The summed E-state index contributed by atoms with van der Waals surface area (Å²) in [5.74, 6) is -0.0228. The summed E-state index contributed by atoms with van der Waals surface area (Å²) in [4.78, 5) is 11.8. The third kappa shape index (κ3) is 5.53. The van der Waals surface area contributed by atoms with E-state index in [2.05, 4.69) is 5.32 Å². The molecular weight excluding hydrogens is 262 g/mol. The predicted molar refractivity (Wildman–Crippen MR) is 77.6 cm³/mol. The van der Waals surface area contributed by atoms with Gasteiger partial charge in [-0.1, -0.05) is 30.3 Å². The Morgan fingerprint density at radius 1 is 1.37 bits per heavy atom. The Bertz CT molecular complexity index is 422. The highest BCUT2D eigenvalue weighted by atomic mass is 32.2. The van der Waals surface area contributed by atoms with Gasteiger partial charge in [0.05, 0.1) is 13.0 Å². The fraction of sp³-hybridized carbons (Fsp3) is 0.500. The first-order valence-corrected chi connectivity index (χ1v) is 7.93. The summed E-state index contributed by atoms with van der Waals surface area (Å²) >= 11 is 0. The number of carbonyl (C=O) groups is 1. The van der Waals surface area contributed by atoms with Crippen molar-refractivity contribution in [3.63, 3.8) is 0 Å². The lowest BCUT2D eigenvalue weighted by Gasteiger charge is -2.19. The normalized spacial score (nSPS) is 15.5. The lowest BCUT2D eigenvalue weighted by atomic mass is 9.99. The van der Waals surface area contributed by atoms with Gasteiger partial charge >= 0.3 is 5.97 Å². The standard InChI is InChI=1S/C14H21NO3S/c1-11(10-19(3)17)15-9-13(14(16)18-2)12-7-5-4-6-8-12/h4-8,11,13,15H,9-10H2,1-3H3. The Kier molecular flexibility index (Phi) is 6.73. The number of carbonyl (C=O) groups excluding carboxylic acids is 1. The second-order valence-corrected chi connectivity index (χ2v) is 6.02. The van der Waals surface area contributed by atoms with Crippen LogP contribution in [-0.4, -0.2) is 41.9 Å². The summed E-state index contributed by atoms with van der Waals surface area (Å²) in [5.41, 5.74) is 0.923. The maximum Gasteiger partial charge on any atom is 0.314 e. The Morgan fingerprint density at radius 3 is 2.53 bits per heavy atom. The van der Waals surface area contributed by atoms with E-state index in [-0.39, 0.29) is 17.9 Å². The molecule has 0 fully saturated rings. The molecule has 4 nitrogen and oxygen atoms in total. The molecule has 1 aromatic rings. The van der Waals surface area contributed by atoms with Crippen molar-refractivity contribution in [2.75, 3.05) is 25.7 Å². The number of esters is 1. The molecule has 1 aromatic carbocycles. The van der Waals surface area contributed by atoms with Crippen LogP contribution in [0, 0.1) is 0 Å². The lowest BCUT2D eigenvalue weighted by molar-refractivity contribution is -0.142. The Labute approximate surface area is 117 Å². The van der Waals surface area contributed by atoms with Gasteiger partial charge in [-0.15, -0.1) is 0 Å². The molecule has 0 aliphatic carbocycles. The number of hydrogen-bond acceptors (Lipinski definition) is 4. The highest BCUT2D eigenvalue weighted by Crippen LogP contribution is 2.16. The van der Waals surface area contributed by atoms with Crippen LogP contribution < -0.4 is 5.32 Å². The van der Waals surface area contributed by atoms with E-state index in [4.69, 9.17) is 4.74 Å². The van der Waals surface area contributed by atoms with Crippen molar-refractivity contribution < 1.29 is 13.7 Å². The molecule has 0 spiro atoms. The van der Waals surface area contributed by atoms with Crippen molar-refractivity contribution in [1.29, 1.82) is 0 Å². The monoisotopic (exact) mass is 283 g/mol. The van der Waals surface area contributed by atoms with Crippen LogP contribution in [0.2, 0.25) is 0 Å². The first-order chi connectivity index (χ1) is 9.04. The minimum Gasteiger partial charge on any atom is -0.469 e. The molecule has 1 N–H and O–H groups in total. The molecule has 3 unspecified atom stereocenters. The van der Waals surface area contributed by atoms with Crippen LogP contribution in [0.15, 0.2) is 30.3 Å². The third-order valence-electron chi connectivity index (χ3n) is 2.84. The van der Waals surface area contributed by atoms with Crippen LogP contribution in [-0.2, 0) is 20.3 Å². The zero-order valence-electron chi connectivity index (χ0n) is 11.6. The van der Waals surface area contributed by atoms with Gasteiger partial charge in [-0.3, -0.25) is 9.00 Å². The van der Waals surface area contributed by atoms with Crippen molar-refractivity contribution in [3.8, 4) is 0 Å². The van der Waals surface area contributed by atoms with Gasteiger partial charge in [0.1, 0.15) is 0 Å². The lowest BCUT2D eigenvalue weighted by Crippen LogP contribution is -2.36. The summed E-state index contributed by atoms with van der Waals surface area (Å²) in [6.07, 6.45) is 1.67. The summed E-state index contributed by atoms with van der Waals surface area (Å²) < 4.78 is 16.0. The van der Waals surface area contributed by atoms with E-state index in [1.807, 2.05) is 37.3 Å². The molecule has 0 amide bonds. The minimum absolute atomic E-state index is 0.0988. The fourth-order valence-corrected chi connectivity index (χ4v) is 2.72. The molecule has 106 valence electrons. The van der Waals surface area contributed by atoms with E-state index >= 15 is 0 Å². The number of methoxy groups -OCH3 is 1. The van der Waals surface area contributed by atoms with Gasteiger partial charge in [0.15, 0.2) is 0 Å². The third-order valence-corrected chi connectivity index (χ3v) is 3.81. The number of hydrogen-bond donors (Lipinski definition) is 1. The van der Waals surface area contributed by atoms with E-state index in [0.717, 1.165) is 5.56 Å². The van der Waals surface area contributed by atoms with Gasteiger partial charge < -0.3 is 10.1 Å². The average Bonchev–Trinajstić information content (AvgIpc) is 2.39. The predicted octanol–water partition coefficient (Wildman–Crippen LogP) is 1.30. The van der Waals surface area contributed by atoms with Gasteiger partial charge in [-0.25, -0.2) is 0 Å². The van der Waals surface area contributed by atoms with Gasteiger partial charge in [0.2, 0.25) is 0 Å². The smallest absolute Gasteiger partial charge is 0.314 e. The maximum atomic E-state index is 11.8. The van der Waals surface area contributed by atoms with E-state index < -0.39 is 10.8 Å². The van der Waals surface area contributed by atoms with E-state index in [1.54, 1.807) is 6.26 Å². The second kappa shape index (κ2) is 8.07. The van der Waals surface area contributed by atoms with Gasteiger partial charge in [0, 0.05) is 35.4 Å². The van der Waals surface area contributed by atoms with Crippen LogP contribution in [0.25, 0.3) is 0 Å². The molecule has 1 rings (SSSR count). The van der Waals surface area contributed by atoms with Crippen LogP contribution in [0.3, 0.4) is 0 Å². The molecule has 19 heavy (non-hydrogen) atoms. The largest absolute Gasteiger partial charge is 0.469 e. The summed E-state index contributed by atoms with van der Waals surface area (Å²) in [6, 6.07) is 9.62. The molecular formula is C14H21NO3S. The van der Waals surface area contributed by atoms with E-state index in [0.29, 0.717) is 12.3 Å². The second-order valence-electron chi connectivity index (χ2n) is 4.54. The molecule has 3 atom stereocenters. The van der Waals surface area contributed by atoms with Crippen molar-refractivity contribution in [2.24, 2.45) is 0 Å². The molecule has 0 heterocycles. The fourth-order valence-electron chi connectivity index (χ4n) is 1.89. The summed E-state index contributed by atoms with van der Waals surface area (Å²) in [5, 5.41) is 3.23. The number of rotatable bonds is 7. The summed E-state index contributed by atoms with van der Waals surface area (Å²) in [6.45, 7) is 2.44. The molecule has 0 aromatic heterocycles. The molecule has 0 bridgehead atoms. The molecule has 0 saturated carbocycles. The summed E-state index contributed by atoms with van der Waals surface area (Å²) in [7, 11) is 0.546. The zero-order chi connectivity index (χ0) is 14.3. The van der Waals surface area contributed by atoms with E-state index in [1.165, 1.54) is 7.11 Å². The highest BCUT2D eigenvalue weighted by molar-refractivity contribution is 7.84. The Hall–Kier alpha value is -1.20. The number of ether oxygens (including phenoxy) is 1. The van der Waals surface area contributed by atoms with Crippen LogP contribution in [0.5, 0.6) is 0 Å². The van der Waals surface area contributed by atoms with Gasteiger partial charge in [-0.2, -0.15) is 0 Å². The van der Waals surface area contributed by atoms with Crippen molar-refractivity contribution >= 4 is 16.8 Å². The first-order valence-electron chi connectivity index (χ1n) is 6.20. The van der Waals surface area contributed by atoms with Crippen molar-refractivity contribution in [3.05, 3.63) is 35.9 Å². The van der Waals surface area contributed by atoms with Crippen LogP contribution >= 0.6 is 0 Å². The maximum absolute atomic E-state index is 11.8. The minimum atomic E-state index is -0.846. The quantitative estimate of drug-likeness (QED) is 0.766. The zero-order valence-corrected chi connectivity index (χ0v) is 12.4. The molecule has 0 aliphatic heterocycles. The first kappa shape index (κ1) is 15.9. The Morgan fingerprint density at radius 2 is 2.00 bits per heavy atom. The van der Waals surface area contributed by atoms with Gasteiger partial charge in [-0.05, 0) is 12.5 Å². The van der Waals surface area contributed by atoms with Crippen LogP contribution in [0.4, 0.5) is 0 Å². The molecule has 0 saturated heterocycles. The average molecular weight is 283 g/mol. The molecule has 0 aliphatic rings. The Balaban J connectivity index is 2.66. The SMILES string of the molecule is COC(=O)C(CNC(C)CS(C)=O)c1ccccc1. The molecule has 5 heteroatoms. The van der Waals surface area contributed by atoms with E-state index in [9.17, 15) is 9.00 Å².